The van der Waals surface area contributed by atoms with Gasteiger partial charge in [-0.2, -0.15) is 23.5 Å². The molecule has 0 radical (unpaired) electrons. The first kappa shape index (κ1) is 25.7. The van der Waals surface area contributed by atoms with Crippen LogP contribution < -0.4 is 4.90 Å². The van der Waals surface area contributed by atoms with E-state index in [-0.39, 0.29) is 17.8 Å². The number of aromatic amines is 1. The lowest BCUT2D eigenvalue weighted by molar-refractivity contribution is -0.169. The van der Waals surface area contributed by atoms with Gasteiger partial charge in [0.1, 0.15) is 12.0 Å². The van der Waals surface area contributed by atoms with Crippen molar-refractivity contribution in [2.24, 2.45) is 0 Å². The van der Waals surface area contributed by atoms with Crippen molar-refractivity contribution in [3.05, 3.63) is 90.1 Å². The van der Waals surface area contributed by atoms with Crippen LogP contribution in [0.2, 0.25) is 0 Å². The van der Waals surface area contributed by atoms with Gasteiger partial charge in [0.05, 0.1) is 30.4 Å². The molecule has 0 aliphatic carbocycles. The molecule has 0 saturated carbocycles. The molecule has 0 fully saturated rings. The fourth-order valence-corrected chi connectivity index (χ4v) is 4.43. The van der Waals surface area contributed by atoms with Crippen molar-refractivity contribution in [1.82, 2.24) is 24.7 Å². The van der Waals surface area contributed by atoms with E-state index in [0.29, 0.717) is 27.4 Å². The number of alkyl halides is 3. The lowest BCUT2D eigenvalue weighted by atomic mass is 10.0. The Balaban J connectivity index is 1.57. The van der Waals surface area contributed by atoms with Crippen molar-refractivity contribution in [3.63, 3.8) is 0 Å². The number of nitriles is 1. The van der Waals surface area contributed by atoms with Gasteiger partial charge in [-0.25, -0.2) is 9.97 Å². The van der Waals surface area contributed by atoms with E-state index in [2.05, 4.69) is 26.1 Å². The molecular weight excluding hydrogens is 507 g/mol. The first-order valence-corrected chi connectivity index (χ1v) is 12.0. The van der Waals surface area contributed by atoms with E-state index in [4.69, 9.17) is 0 Å². The van der Waals surface area contributed by atoms with Gasteiger partial charge >= 0.3 is 12.1 Å². The Hall–Kier alpha value is -4.98. The summed E-state index contributed by atoms with van der Waals surface area (Å²) in [6.07, 6.45) is 1.41. The lowest BCUT2D eigenvalue weighted by Crippen LogP contribution is -2.38. The lowest BCUT2D eigenvalue weighted by Gasteiger charge is -2.26. The third kappa shape index (κ3) is 4.96. The minimum absolute atomic E-state index is 0.00916. The summed E-state index contributed by atoms with van der Waals surface area (Å²) in [6.45, 7) is 3.60. The molecule has 0 saturated heterocycles. The summed E-state index contributed by atoms with van der Waals surface area (Å²) in [7, 11) is 0. The summed E-state index contributed by atoms with van der Waals surface area (Å²) in [5, 5.41) is 14.8. The summed E-state index contributed by atoms with van der Waals surface area (Å²) in [4.78, 5) is 24.8. The molecule has 196 valence electrons. The third-order valence-corrected chi connectivity index (χ3v) is 6.54. The highest BCUT2D eigenvalue weighted by Crippen LogP contribution is 2.35. The number of hydrogen-bond donors (Lipinski definition) is 1. The number of aromatic nitrogens is 5. The van der Waals surface area contributed by atoms with Gasteiger partial charge in [0.2, 0.25) is 0 Å². The van der Waals surface area contributed by atoms with Crippen LogP contribution in [0.3, 0.4) is 0 Å². The Labute approximate surface area is 221 Å². The monoisotopic (exact) mass is 529 g/mol. The maximum absolute atomic E-state index is 13.7. The number of nitrogens with zero attached hydrogens (tertiary/aromatic N) is 6. The standard InChI is InChI=1S/C28H22F3N7O/c1-17-6-7-22(12-18(17)2)38(27(39)28(29,30)31)21-5-3-4-19(13-21)24(8-10-32)37-15-20(14-36-37)25-23-9-11-33-26(23)35-16-34-25/h3-7,9,11-16,24H,8H2,1-2H3,(H,33,34,35). The SMILES string of the molecule is Cc1ccc(N(C(=O)C(F)(F)F)c2cccc(C(CC#N)n3cc(-c4ncnc5[nH]ccc45)cn3)c2)cc1C. The van der Waals surface area contributed by atoms with Crippen molar-refractivity contribution in [2.45, 2.75) is 32.5 Å². The predicted molar refractivity (Wildman–Crippen MR) is 139 cm³/mol. The molecule has 3 heterocycles. The number of aryl methyl sites for hydroxylation is 2. The highest BCUT2D eigenvalue weighted by molar-refractivity contribution is 6.03. The highest BCUT2D eigenvalue weighted by Gasteiger charge is 2.44. The van der Waals surface area contributed by atoms with Crippen LogP contribution in [-0.2, 0) is 4.79 Å². The van der Waals surface area contributed by atoms with Crippen LogP contribution in [0.25, 0.3) is 22.3 Å². The van der Waals surface area contributed by atoms with Crippen LogP contribution in [0.1, 0.15) is 29.2 Å². The molecule has 0 spiro atoms. The number of anilines is 2. The number of rotatable bonds is 6. The zero-order valence-corrected chi connectivity index (χ0v) is 20.9. The van der Waals surface area contributed by atoms with Crippen LogP contribution >= 0.6 is 0 Å². The Morgan fingerprint density at radius 1 is 1.10 bits per heavy atom. The second-order valence-corrected chi connectivity index (χ2v) is 9.05. The number of carbonyl (C=O) groups is 1. The normalized spacial score (nSPS) is 12.3. The summed E-state index contributed by atoms with van der Waals surface area (Å²) < 4.78 is 42.6. The zero-order chi connectivity index (χ0) is 27.7. The van der Waals surface area contributed by atoms with Crippen LogP contribution in [0.5, 0.6) is 0 Å². The van der Waals surface area contributed by atoms with Crippen LogP contribution in [0, 0.1) is 25.2 Å². The van der Waals surface area contributed by atoms with Gasteiger partial charge in [-0.1, -0.05) is 18.2 Å². The molecule has 5 rings (SSSR count). The number of hydrogen-bond acceptors (Lipinski definition) is 5. The minimum Gasteiger partial charge on any atom is -0.346 e. The number of nitrogens with one attached hydrogen (secondary N) is 1. The molecule has 11 heteroatoms. The molecular formula is C28H22F3N7O. The van der Waals surface area contributed by atoms with Crippen LogP contribution in [0.15, 0.2) is 73.4 Å². The molecule has 1 N–H and O–H groups in total. The van der Waals surface area contributed by atoms with E-state index in [1.54, 1.807) is 54.5 Å². The van der Waals surface area contributed by atoms with Gasteiger partial charge in [-0.05, 0) is 60.9 Å². The molecule has 3 aromatic heterocycles. The van der Waals surface area contributed by atoms with Gasteiger partial charge in [0.15, 0.2) is 0 Å². The zero-order valence-electron chi connectivity index (χ0n) is 20.9. The Morgan fingerprint density at radius 3 is 2.64 bits per heavy atom. The largest absolute Gasteiger partial charge is 0.472 e. The molecule has 0 aliphatic heterocycles. The fraction of sp³-hybridized carbons (Fsp3) is 0.179. The fourth-order valence-electron chi connectivity index (χ4n) is 4.43. The van der Waals surface area contributed by atoms with Crippen LogP contribution in [0.4, 0.5) is 24.5 Å². The summed E-state index contributed by atoms with van der Waals surface area (Å²) in [5.41, 5.74) is 4.26. The van der Waals surface area contributed by atoms with E-state index in [1.165, 1.54) is 24.5 Å². The van der Waals surface area contributed by atoms with E-state index in [9.17, 15) is 23.2 Å². The van der Waals surface area contributed by atoms with Crippen molar-refractivity contribution in [2.75, 3.05) is 4.90 Å². The second kappa shape index (κ2) is 10.1. The van der Waals surface area contributed by atoms with Gasteiger partial charge in [-0.15, -0.1) is 0 Å². The topological polar surface area (TPSA) is 103 Å². The molecule has 1 unspecified atom stereocenters. The average Bonchev–Trinajstić information content (AvgIpc) is 3.59. The molecule has 0 bridgehead atoms. The van der Waals surface area contributed by atoms with E-state index < -0.39 is 18.1 Å². The van der Waals surface area contributed by atoms with Crippen molar-refractivity contribution in [1.29, 1.82) is 5.26 Å². The molecule has 2 aromatic carbocycles. The molecule has 39 heavy (non-hydrogen) atoms. The van der Waals surface area contributed by atoms with Crippen LogP contribution in [-0.4, -0.2) is 36.8 Å². The molecule has 0 aliphatic rings. The second-order valence-electron chi connectivity index (χ2n) is 9.05. The Morgan fingerprint density at radius 2 is 1.90 bits per heavy atom. The quantitative estimate of drug-likeness (QED) is 0.283. The third-order valence-electron chi connectivity index (χ3n) is 6.54. The number of amides is 1. The number of carbonyl (C=O) groups excluding carboxylic acids is 1. The molecule has 5 aromatic rings. The molecule has 1 amide bonds. The first-order valence-electron chi connectivity index (χ1n) is 12.0. The number of benzene rings is 2. The summed E-state index contributed by atoms with van der Waals surface area (Å²) in [5.74, 6) is -2.01. The molecule has 1 atom stereocenters. The van der Waals surface area contributed by atoms with Crippen molar-refractivity contribution in [3.8, 4) is 17.3 Å². The van der Waals surface area contributed by atoms with Crippen molar-refractivity contribution >= 4 is 28.3 Å². The minimum atomic E-state index is -5.10. The Kier molecular flexibility index (Phi) is 6.62. The first-order chi connectivity index (χ1) is 18.7. The summed E-state index contributed by atoms with van der Waals surface area (Å²) in [6, 6.07) is 14.2. The number of halogens is 3. The maximum Gasteiger partial charge on any atom is 0.472 e. The van der Waals surface area contributed by atoms with E-state index in [1.807, 2.05) is 13.0 Å². The van der Waals surface area contributed by atoms with E-state index >= 15 is 0 Å². The summed E-state index contributed by atoms with van der Waals surface area (Å²) >= 11 is 0. The number of H-pyrrole nitrogens is 1. The van der Waals surface area contributed by atoms with Crippen molar-refractivity contribution < 1.29 is 18.0 Å². The highest BCUT2D eigenvalue weighted by atomic mass is 19.4. The maximum atomic E-state index is 13.7. The molecule has 8 nitrogen and oxygen atoms in total. The van der Waals surface area contributed by atoms with Gasteiger partial charge in [0, 0.05) is 34.7 Å². The average molecular weight is 530 g/mol. The van der Waals surface area contributed by atoms with E-state index in [0.717, 1.165) is 16.5 Å². The Bertz CT molecular complexity index is 1710. The predicted octanol–water partition coefficient (Wildman–Crippen LogP) is 6.17. The van der Waals surface area contributed by atoms with Gasteiger partial charge in [-0.3, -0.25) is 14.4 Å². The number of fused-ring (bicyclic) bond motifs is 1. The van der Waals surface area contributed by atoms with Gasteiger partial charge < -0.3 is 4.98 Å². The smallest absolute Gasteiger partial charge is 0.346 e. The van der Waals surface area contributed by atoms with Gasteiger partial charge in [0.25, 0.3) is 0 Å².